The van der Waals surface area contributed by atoms with E-state index in [0.29, 0.717) is 43.9 Å². The van der Waals surface area contributed by atoms with Crippen LogP contribution in [0, 0.1) is 6.92 Å². The van der Waals surface area contributed by atoms with Crippen LogP contribution in [0.3, 0.4) is 0 Å². The Bertz CT molecular complexity index is 2080. The molecule has 0 saturated heterocycles. The van der Waals surface area contributed by atoms with Crippen molar-refractivity contribution >= 4 is 43.9 Å². The third kappa shape index (κ3) is 5.23. The molecule has 3 aromatic heterocycles. The van der Waals surface area contributed by atoms with Crippen molar-refractivity contribution in [3.05, 3.63) is 135 Å². The molecule has 6 rings (SSSR count). The van der Waals surface area contributed by atoms with E-state index in [2.05, 4.69) is 15.1 Å². The van der Waals surface area contributed by atoms with Crippen LogP contribution >= 0.6 is 23.2 Å². The van der Waals surface area contributed by atoms with Crippen molar-refractivity contribution in [3.8, 4) is 5.69 Å². The van der Waals surface area contributed by atoms with Gasteiger partial charge in [0, 0.05) is 48.1 Å². The summed E-state index contributed by atoms with van der Waals surface area (Å²) in [6, 6.07) is 20.0. The van der Waals surface area contributed by atoms with Gasteiger partial charge in [-0.2, -0.15) is 5.10 Å². The summed E-state index contributed by atoms with van der Waals surface area (Å²) in [7, 11) is -1.93. The number of fused-ring (bicyclic) bond motifs is 1. The van der Waals surface area contributed by atoms with Gasteiger partial charge in [-0.15, -0.1) is 0 Å². The Kier molecular flexibility index (Phi) is 7.38. The molecule has 1 atom stereocenters. The number of benzene rings is 3. The first kappa shape index (κ1) is 29.1. The lowest BCUT2D eigenvalue weighted by Gasteiger charge is -2.30. The van der Waals surface area contributed by atoms with Crippen molar-refractivity contribution < 1.29 is 13.5 Å². The zero-order chi connectivity index (χ0) is 30.5. The van der Waals surface area contributed by atoms with Gasteiger partial charge in [0.2, 0.25) is 0 Å². The van der Waals surface area contributed by atoms with E-state index in [1.54, 1.807) is 71.4 Å². The summed E-state index contributed by atoms with van der Waals surface area (Å²) in [6.45, 7) is 1.82. The molecule has 0 bridgehead atoms. The zero-order valence-electron chi connectivity index (χ0n) is 23.5. The molecule has 0 aliphatic heterocycles. The fourth-order valence-electron chi connectivity index (χ4n) is 5.44. The van der Waals surface area contributed by atoms with Crippen molar-refractivity contribution in [2.75, 3.05) is 6.26 Å². The molecule has 1 N–H and O–H groups in total. The maximum atomic E-state index is 13.0. The molecule has 0 radical (unpaired) electrons. The molecule has 0 aliphatic carbocycles. The third-order valence-electron chi connectivity index (χ3n) is 7.58. The smallest absolute Gasteiger partial charge is 0.193 e. The van der Waals surface area contributed by atoms with Gasteiger partial charge in [0.25, 0.3) is 0 Å². The Labute approximate surface area is 259 Å². The molecule has 1 unspecified atom stereocenters. The van der Waals surface area contributed by atoms with Gasteiger partial charge in [-0.3, -0.25) is 0 Å². The molecule has 43 heavy (non-hydrogen) atoms. The summed E-state index contributed by atoms with van der Waals surface area (Å²) in [4.78, 5) is 8.89. The molecule has 11 heteroatoms. The Morgan fingerprint density at radius 3 is 2.33 bits per heavy atom. The average Bonchev–Trinajstić information content (AvgIpc) is 3.67. The number of nitrogens with zero attached hydrogens (tertiary/aromatic N) is 5. The maximum Gasteiger partial charge on any atom is 0.193 e. The predicted octanol–water partition coefficient (Wildman–Crippen LogP) is 6.05. The number of hydrogen-bond acceptors (Lipinski definition) is 6. The lowest BCUT2D eigenvalue weighted by molar-refractivity contribution is 0.117. The van der Waals surface area contributed by atoms with E-state index in [4.69, 9.17) is 23.2 Å². The number of rotatable bonds is 7. The second-order valence-corrected chi connectivity index (χ2v) is 13.3. The minimum atomic E-state index is -3.74. The van der Waals surface area contributed by atoms with Gasteiger partial charge in [0.1, 0.15) is 0 Å². The van der Waals surface area contributed by atoms with Crippen molar-refractivity contribution in [1.29, 1.82) is 0 Å². The van der Waals surface area contributed by atoms with Gasteiger partial charge >= 0.3 is 0 Å². The van der Waals surface area contributed by atoms with Crippen LogP contribution in [0.2, 0.25) is 10.0 Å². The number of halogens is 2. The number of hydrogen-bond donors (Lipinski definition) is 1. The molecule has 0 aliphatic rings. The fourth-order valence-corrected chi connectivity index (χ4v) is 6.80. The second kappa shape index (κ2) is 10.9. The van der Waals surface area contributed by atoms with Crippen molar-refractivity contribution in [2.24, 2.45) is 7.05 Å². The molecule has 8 nitrogen and oxygen atoms in total. The van der Waals surface area contributed by atoms with Gasteiger partial charge in [0.15, 0.2) is 20.5 Å². The number of aliphatic hydroxyl groups is 1. The van der Waals surface area contributed by atoms with Gasteiger partial charge in [-0.25, -0.2) is 23.1 Å². The minimum absolute atomic E-state index is 0.0726. The molecule has 6 aromatic rings. The van der Waals surface area contributed by atoms with Gasteiger partial charge in [0.05, 0.1) is 34.4 Å². The van der Waals surface area contributed by atoms with E-state index in [-0.39, 0.29) is 16.5 Å². The highest BCUT2D eigenvalue weighted by molar-refractivity contribution is 7.90. The largest absolute Gasteiger partial charge is 0.374 e. The van der Waals surface area contributed by atoms with Crippen LogP contribution in [0.4, 0.5) is 0 Å². The van der Waals surface area contributed by atoms with E-state index in [0.717, 1.165) is 17.5 Å². The zero-order valence-corrected chi connectivity index (χ0v) is 25.9. The van der Waals surface area contributed by atoms with Crippen LogP contribution in [0.5, 0.6) is 0 Å². The number of pyridine rings is 1. The first-order valence-electron chi connectivity index (χ1n) is 13.3. The summed E-state index contributed by atoms with van der Waals surface area (Å²) in [5.41, 5.74) is 3.21. The predicted molar refractivity (Wildman–Crippen MR) is 168 cm³/mol. The SMILES string of the molecule is Cc1cc(C(O)(c2ccc(Cl)cc2)c2cncn2C)cc2c(Cl)c(Cc3ccc(-n4cccn4)cc3)c(S(C)(=O)=O)nc12. The highest BCUT2D eigenvalue weighted by atomic mass is 35.5. The summed E-state index contributed by atoms with van der Waals surface area (Å²) >= 11 is 13.3. The molecule has 3 heterocycles. The van der Waals surface area contributed by atoms with Crippen LogP contribution in [-0.2, 0) is 28.9 Å². The summed E-state index contributed by atoms with van der Waals surface area (Å²) < 4.78 is 29.5. The summed E-state index contributed by atoms with van der Waals surface area (Å²) in [5, 5.41) is 18.0. The van der Waals surface area contributed by atoms with E-state index in [1.807, 2.05) is 43.5 Å². The van der Waals surface area contributed by atoms with Crippen LogP contribution in [0.1, 0.15) is 33.5 Å². The molecule has 218 valence electrons. The third-order valence-corrected chi connectivity index (χ3v) is 9.30. The first-order chi connectivity index (χ1) is 20.5. The Hall–Kier alpha value is -4.02. The molecule has 0 saturated carbocycles. The highest BCUT2D eigenvalue weighted by Gasteiger charge is 2.37. The number of sulfone groups is 1. The number of aromatic nitrogens is 5. The maximum absolute atomic E-state index is 13.0. The van der Waals surface area contributed by atoms with Crippen molar-refractivity contribution in [2.45, 2.75) is 24.0 Å². The Morgan fingerprint density at radius 1 is 1.00 bits per heavy atom. The second-order valence-electron chi connectivity index (χ2n) is 10.6. The Balaban J connectivity index is 1.55. The quantitative estimate of drug-likeness (QED) is 0.230. The monoisotopic (exact) mass is 631 g/mol. The standard InChI is InChI=1S/C32H27Cl2N5O3S/c1-20-15-23(32(40,28-18-35-19-38(28)2)22-7-9-24(33)10-8-22)17-26-29(34)27(31(37-30(20)26)43(3,41)42)16-21-5-11-25(12-6-21)39-14-4-13-36-39/h4-15,17-19,40H,16H2,1-3H3. The Morgan fingerprint density at radius 2 is 1.72 bits per heavy atom. The summed E-state index contributed by atoms with van der Waals surface area (Å²) in [6.07, 6.45) is 8.14. The summed E-state index contributed by atoms with van der Waals surface area (Å²) in [5.74, 6) is 0. The van der Waals surface area contributed by atoms with Crippen LogP contribution < -0.4 is 0 Å². The van der Waals surface area contributed by atoms with Crippen LogP contribution in [-0.4, -0.2) is 44.1 Å². The van der Waals surface area contributed by atoms with Gasteiger partial charge in [-0.1, -0.05) is 53.5 Å². The highest BCUT2D eigenvalue weighted by Crippen LogP contribution is 2.41. The normalized spacial score (nSPS) is 13.3. The molecular weight excluding hydrogens is 605 g/mol. The molecule has 0 spiro atoms. The fraction of sp³-hybridized carbons (Fsp3) is 0.156. The lowest BCUT2D eigenvalue weighted by atomic mass is 9.82. The van der Waals surface area contributed by atoms with Gasteiger partial charge in [-0.05, 0) is 65.6 Å². The van der Waals surface area contributed by atoms with E-state index in [9.17, 15) is 13.5 Å². The van der Waals surface area contributed by atoms with Crippen LogP contribution in [0.15, 0.2) is 96.7 Å². The molecule has 0 amide bonds. The lowest BCUT2D eigenvalue weighted by Crippen LogP contribution is -2.31. The van der Waals surface area contributed by atoms with E-state index >= 15 is 0 Å². The van der Waals surface area contributed by atoms with Crippen molar-refractivity contribution in [1.82, 2.24) is 24.3 Å². The van der Waals surface area contributed by atoms with Gasteiger partial charge < -0.3 is 9.67 Å². The number of imidazole rings is 1. The van der Waals surface area contributed by atoms with E-state index < -0.39 is 15.4 Å². The number of aryl methyl sites for hydroxylation is 2. The van der Waals surface area contributed by atoms with Crippen molar-refractivity contribution in [3.63, 3.8) is 0 Å². The molecule has 0 fully saturated rings. The topological polar surface area (TPSA) is 103 Å². The average molecular weight is 633 g/mol. The van der Waals surface area contributed by atoms with Crippen LogP contribution in [0.25, 0.3) is 16.6 Å². The molecular formula is C32H27Cl2N5O3S. The first-order valence-corrected chi connectivity index (χ1v) is 16.0. The molecule has 3 aromatic carbocycles. The minimum Gasteiger partial charge on any atom is -0.374 e. The van der Waals surface area contributed by atoms with E-state index in [1.165, 1.54) is 0 Å².